The monoisotopic (exact) mass is 418 g/mol. The van der Waals surface area contributed by atoms with Gasteiger partial charge in [-0.15, -0.1) is 0 Å². The highest BCUT2D eigenvalue weighted by Crippen LogP contribution is 2.31. The highest BCUT2D eigenvalue weighted by molar-refractivity contribution is 5.63. The molecule has 1 saturated heterocycles. The molecule has 0 radical (unpaired) electrons. The lowest BCUT2D eigenvalue weighted by Crippen LogP contribution is -2.43. The summed E-state index contributed by atoms with van der Waals surface area (Å²) >= 11 is 0. The lowest BCUT2D eigenvalue weighted by Gasteiger charge is -2.38. The van der Waals surface area contributed by atoms with E-state index in [1.807, 2.05) is 22.9 Å². The Hall–Kier alpha value is -3.12. The second-order valence-corrected chi connectivity index (χ2v) is 7.40. The van der Waals surface area contributed by atoms with Crippen LogP contribution in [0.5, 0.6) is 0 Å². The Morgan fingerprint density at radius 1 is 1.23 bits per heavy atom. The smallest absolute Gasteiger partial charge is 0.370 e. The maximum atomic E-state index is 12.9. The Bertz CT molecular complexity index is 963. The molecule has 1 aliphatic rings. The zero-order valence-corrected chi connectivity index (χ0v) is 16.4. The first kappa shape index (κ1) is 21.6. The van der Waals surface area contributed by atoms with Gasteiger partial charge in [0.25, 0.3) is 5.69 Å². The molecule has 2 aromatic carbocycles. The van der Waals surface area contributed by atoms with Gasteiger partial charge in [-0.1, -0.05) is 18.2 Å². The average molecular weight is 418 g/mol. The van der Waals surface area contributed by atoms with Crippen molar-refractivity contribution < 1.29 is 18.1 Å². The van der Waals surface area contributed by atoms with Crippen molar-refractivity contribution >= 4 is 11.4 Å². The minimum atomic E-state index is -4.36. The van der Waals surface area contributed by atoms with Gasteiger partial charge in [0, 0.05) is 37.8 Å². The minimum Gasteiger partial charge on any atom is -0.370 e. The minimum absolute atomic E-state index is 0.119. The van der Waals surface area contributed by atoms with Gasteiger partial charge in [0.1, 0.15) is 6.07 Å². The molecule has 0 aromatic heterocycles. The third-order valence-electron chi connectivity index (χ3n) is 5.43. The third-order valence-corrected chi connectivity index (χ3v) is 5.43. The molecule has 0 aliphatic carbocycles. The Morgan fingerprint density at radius 3 is 2.53 bits per heavy atom. The van der Waals surface area contributed by atoms with E-state index in [1.54, 1.807) is 12.1 Å². The zero-order chi connectivity index (χ0) is 21.9. The van der Waals surface area contributed by atoms with E-state index in [1.165, 1.54) is 24.3 Å². The number of hydrogen-bond acceptors (Lipinski definition) is 5. The third kappa shape index (κ3) is 4.89. The van der Waals surface area contributed by atoms with E-state index in [0.717, 1.165) is 18.9 Å². The first-order chi connectivity index (χ1) is 14.2. The summed E-state index contributed by atoms with van der Waals surface area (Å²) in [5.41, 5.74) is 0.773. The zero-order valence-electron chi connectivity index (χ0n) is 16.4. The number of benzene rings is 2. The normalized spacial score (nSPS) is 15.3. The van der Waals surface area contributed by atoms with Crippen LogP contribution < -0.4 is 4.90 Å². The van der Waals surface area contributed by atoms with E-state index in [9.17, 15) is 28.5 Å². The summed E-state index contributed by atoms with van der Waals surface area (Å²) in [5, 5.41) is 20.3. The molecule has 3 rings (SSSR count). The molecule has 0 atom stereocenters. The molecular formula is C21H21F3N4O2. The molecule has 1 aliphatic heterocycles. The van der Waals surface area contributed by atoms with Gasteiger partial charge in [0.2, 0.25) is 0 Å². The largest absolute Gasteiger partial charge is 0.416 e. The second-order valence-electron chi connectivity index (χ2n) is 7.40. The number of alkyl halides is 3. The van der Waals surface area contributed by atoms with Gasteiger partial charge in [-0.25, -0.2) is 0 Å². The molecule has 9 heteroatoms. The fraction of sp³-hybridized carbons (Fsp3) is 0.381. The molecule has 0 bridgehead atoms. The van der Waals surface area contributed by atoms with Crippen molar-refractivity contribution in [2.24, 2.45) is 0 Å². The van der Waals surface area contributed by atoms with E-state index in [0.29, 0.717) is 30.9 Å². The number of rotatable bonds is 5. The molecule has 158 valence electrons. The molecule has 1 heterocycles. The van der Waals surface area contributed by atoms with Crippen LogP contribution in [-0.4, -0.2) is 36.0 Å². The van der Waals surface area contributed by atoms with Crippen molar-refractivity contribution in [3.63, 3.8) is 0 Å². The van der Waals surface area contributed by atoms with Crippen LogP contribution in [0.15, 0.2) is 42.5 Å². The fourth-order valence-corrected chi connectivity index (χ4v) is 3.81. The summed E-state index contributed by atoms with van der Waals surface area (Å²) in [6.07, 6.45) is -2.81. The molecule has 1 fully saturated rings. The van der Waals surface area contributed by atoms with Crippen LogP contribution in [0, 0.1) is 21.4 Å². The number of anilines is 1. The van der Waals surface area contributed by atoms with Crippen molar-refractivity contribution in [1.29, 1.82) is 5.26 Å². The van der Waals surface area contributed by atoms with Gasteiger partial charge < -0.3 is 4.90 Å². The van der Waals surface area contributed by atoms with E-state index in [4.69, 9.17) is 0 Å². The number of nitro benzene ring substituents is 1. The van der Waals surface area contributed by atoms with Crippen LogP contribution in [0.2, 0.25) is 0 Å². The number of nitriles is 1. The highest BCUT2D eigenvalue weighted by Gasteiger charge is 2.31. The molecule has 0 spiro atoms. The fourth-order valence-electron chi connectivity index (χ4n) is 3.81. The first-order valence-electron chi connectivity index (χ1n) is 9.49. The molecule has 0 amide bonds. The van der Waals surface area contributed by atoms with Gasteiger partial charge in [-0.2, -0.15) is 18.4 Å². The van der Waals surface area contributed by atoms with Crippen LogP contribution in [0.3, 0.4) is 0 Å². The predicted molar refractivity (Wildman–Crippen MR) is 106 cm³/mol. The summed E-state index contributed by atoms with van der Waals surface area (Å²) in [6, 6.07) is 11.9. The Morgan fingerprint density at radius 2 is 1.93 bits per heavy atom. The van der Waals surface area contributed by atoms with Crippen molar-refractivity contribution in [3.05, 3.63) is 69.3 Å². The van der Waals surface area contributed by atoms with Crippen LogP contribution >= 0.6 is 0 Å². The SMILES string of the molecule is CN(Cc1cccc(C(F)(F)F)c1)C1CCN(c2ccc([N+](=O)[O-])cc2C#N)CC1. The maximum Gasteiger partial charge on any atom is 0.416 e. The average Bonchev–Trinajstić information content (AvgIpc) is 2.73. The molecule has 0 saturated carbocycles. The van der Waals surface area contributed by atoms with Crippen molar-refractivity contribution in [1.82, 2.24) is 4.90 Å². The van der Waals surface area contributed by atoms with Gasteiger partial charge in [-0.05, 0) is 37.6 Å². The molecule has 30 heavy (non-hydrogen) atoms. The van der Waals surface area contributed by atoms with Crippen molar-refractivity contribution in [3.8, 4) is 6.07 Å². The topological polar surface area (TPSA) is 73.4 Å². The summed E-state index contributed by atoms with van der Waals surface area (Å²) in [4.78, 5) is 14.5. The van der Waals surface area contributed by atoms with E-state index < -0.39 is 16.7 Å². The maximum absolute atomic E-state index is 12.9. The van der Waals surface area contributed by atoms with Crippen LogP contribution in [0.4, 0.5) is 24.5 Å². The second kappa shape index (κ2) is 8.71. The molecule has 6 nitrogen and oxygen atoms in total. The van der Waals surface area contributed by atoms with Crippen LogP contribution in [0.1, 0.15) is 29.5 Å². The van der Waals surface area contributed by atoms with E-state index in [2.05, 4.69) is 0 Å². The Labute approximate surface area is 172 Å². The lowest BCUT2D eigenvalue weighted by atomic mass is 10.0. The van der Waals surface area contributed by atoms with Gasteiger partial charge in [-0.3, -0.25) is 15.0 Å². The quantitative estimate of drug-likeness (QED) is 0.525. The van der Waals surface area contributed by atoms with Crippen LogP contribution in [-0.2, 0) is 12.7 Å². The Balaban J connectivity index is 1.63. The number of hydrogen-bond donors (Lipinski definition) is 0. The standard InChI is InChI=1S/C21H21F3N4O2/c1-26(14-15-3-2-4-17(11-15)21(22,23)24)18-7-9-27(10-8-18)20-6-5-19(28(29)30)12-16(20)13-25/h2-6,11-12,18H,7-10,14H2,1H3. The molecule has 2 aromatic rings. The lowest BCUT2D eigenvalue weighted by molar-refractivity contribution is -0.384. The highest BCUT2D eigenvalue weighted by atomic mass is 19.4. The summed E-state index contributed by atoms with van der Waals surface area (Å²) in [6.45, 7) is 1.73. The molecule has 0 unspecified atom stereocenters. The van der Waals surface area contributed by atoms with Crippen LogP contribution in [0.25, 0.3) is 0 Å². The van der Waals surface area contributed by atoms with Gasteiger partial charge >= 0.3 is 6.18 Å². The number of halogens is 3. The number of nitrogens with zero attached hydrogens (tertiary/aromatic N) is 4. The van der Waals surface area contributed by atoms with E-state index in [-0.39, 0.29) is 17.3 Å². The van der Waals surface area contributed by atoms with Gasteiger partial charge in [0.15, 0.2) is 0 Å². The summed E-state index contributed by atoms with van der Waals surface area (Å²) < 4.78 is 38.7. The summed E-state index contributed by atoms with van der Waals surface area (Å²) in [5.74, 6) is 0. The Kier molecular flexibility index (Phi) is 6.27. The number of non-ortho nitro benzene ring substituents is 1. The predicted octanol–water partition coefficient (Wildman–Crippen LogP) is 4.59. The number of piperidine rings is 1. The first-order valence-corrected chi connectivity index (χ1v) is 9.49. The van der Waals surface area contributed by atoms with Crippen molar-refractivity contribution in [2.75, 3.05) is 25.0 Å². The number of nitro groups is 1. The molecular weight excluding hydrogens is 397 g/mol. The molecule has 0 N–H and O–H groups in total. The van der Waals surface area contributed by atoms with Gasteiger partial charge in [0.05, 0.1) is 21.7 Å². The van der Waals surface area contributed by atoms with E-state index >= 15 is 0 Å². The van der Waals surface area contributed by atoms with Crippen molar-refractivity contribution in [2.45, 2.75) is 31.6 Å². The summed E-state index contributed by atoms with van der Waals surface area (Å²) in [7, 11) is 1.90.